The number of rotatable bonds is 4. The molecule has 1 heterocycles. The van der Waals surface area contributed by atoms with Crippen LogP contribution in [0.1, 0.15) is 25.3 Å². The molecule has 0 saturated carbocycles. The number of hydrogen-bond acceptors (Lipinski definition) is 2. The SMILES string of the molecule is CCCCN1CCN(c2ccc(C(F)(F)F)cc2)CC1. The highest BCUT2D eigenvalue weighted by Gasteiger charge is 2.30. The van der Waals surface area contributed by atoms with E-state index in [1.54, 1.807) is 12.1 Å². The number of anilines is 1. The molecule has 0 amide bonds. The van der Waals surface area contributed by atoms with E-state index in [0.29, 0.717) is 0 Å². The number of benzene rings is 1. The predicted octanol–water partition coefficient (Wildman–Crippen LogP) is 3.63. The van der Waals surface area contributed by atoms with Gasteiger partial charge < -0.3 is 4.90 Å². The predicted molar refractivity (Wildman–Crippen MR) is 75.0 cm³/mol. The van der Waals surface area contributed by atoms with Crippen molar-refractivity contribution in [2.45, 2.75) is 25.9 Å². The fourth-order valence-electron chi connectivity index (χ4n) is 2.47. The lowest BCUT2D eigenvalue weighted by atomic mass is 10.1. The third-order valence-electron chi connectivity index (χ3n) is 3.76. The number of halogens is 3. The van der Waals surface area contributed by atoms with Crippen molar-refractivity contribution in [1.82, 2.24) is 4.90 Å². The zero-order valence-corrected chi connectivity index (χ0v) is 11.8. The quantitative estimate of drug-likeness (QED) is 0.834. The molecule has 2 rings (SSSR count). The normalized spacial score (nSPS) is 17.5. The van der Waals surface area contributed by atoms with E-state index in [-0.39, 0.29) is 0 Å². The molecule has 1 aliphatic heterocycles. The second kappa shape index (κ2) is 6.48. The minimum absolute atomic E-state index is 0.581. The molecule has 112 valence electrons. The second-order valence-electron chi connectivity index (χ2n) is 5.23. The summed E-state index contributed by atoms with van der Waals surface area (Å²) < 4.78 is 37.5. The highest BCUT2D eigenvalue weighted by molar-refractivity contribution is 5.48. The fourth-order valence-corrected chi connectivity index (χ4v) is 2.47. The van der Waals surface area contributed by atoms with Crippen molar-refractivity contribution < 1.29 is 13.2 Å². The molecular formula is C15H21F3N2. The lowest BCUT2D eigenvalue weighted by Crippen LogP contribution is -2.46. The maximum absolute atomic E-state index is 12.5. The Hall–Kier alpha value is -1.23. The van der Waals surface area contributed by atoms with E-state index >= 15 is 0 Å². The Labute approximate surface area is 118 Å². The van der Waals surface area contributed by atoms with Crippen molar-refractivity contribution in [3.05, 3.63) is 29.8 Å². The van der Waals surface area contributed by atoms with Gasteiger partial charge in [0.25, 0.3) is 0 Å². The summed E-state index contributed by atoms with van der Waals surface area (Å²) in [5.74, 6) is 0. The van der Waals surface area contributed by atoms with Crippen LogP contribution >= 0.6 is 0 Å². The first-order chi connectivity index (χ1) is 9.50. The minimum atomic E-state index is -4.25. The van der Waals surface area contributed by atoms with Gasteiger partial charge in [-0.1, -0.05) is 13.3 Å². The fraction of sp³-hybridized carbons (Fsp3) is 0.600. The molecule has 0 aliphatic carbocycles. The van der Waals surface area contributed by atoms with Gasteiger partial charge in [0.1, 0.15) is 0 Å². The summed E-state index contributed by atoms with van der Waals surface area (Å²) in [5.41, 5.74) is 0.302. The molecule has 1 aromatic carbocycles. The molecule has 0 bridgehead atoms. The van der Waals surface area contributed by atoms with Crippen LogP contribution in [-0.4, -0.2) is 37.6 Å². The van der Waals surface area contributed by atoms with Crippen LogP contribution in [0, 0.1) is 0 Å². The van der Waals surface area contributed by atoms with Crippen molar-refractivity contribution in [2.75, 3.05) is 37.6 Å². The molecule has 0 radical (unpaired) electrons. The molecule has 2 nitrogen and oxygen atoms in total. The summed E-state index contributed by atoms with van der Waals surface area (Å²) in [7, 11) is 0. The molecule has 1 aliphatic rings. The maximum Gasteiger partial charge on any atom is 0.416 e. The summed E-state index contributed by atoms with van der Waals surface area (Å²) >= 11 is 0. The van der Waals surface area contributed by atoms with Crippen molar-refractivity contribution in [3.63, 3.8) is 0 Å². The smallest absolute Gasteiger partial charge is 0.369 e. The van der Waals surface area contributed by atoms with Gasteiger partial charge in [-0.05, 0) is 37.2 Å². The van der Waals surface area contributed by atoms with Gasteiger partial charge in [0.15, 0.2) is 0 Å². The van der Waals surface area contributed by atoms with Gasteiger partial charge in [-0.15, -0.1) is 0 Å². The van der Waals surface area contributed by atoms with Gasteiger partial charge >= 0.3 is 6.18 Å². The van der Waals surface area contributed by atoms with Crippen LogP contribution in [0.2, 0.25) is 0 Å². The van der Waals surface area contributed by atoms with Gasteiger partial charge in [-0.25, -0.2) is 0 Å². The zero-order chi connectivity index (χ0) is 14.6. The minimum Gasteiger partial charge on any atom is -0.369 e. The average molecular weight is 286 g/mol. The first-order valence-electron chi connectivity index (χ1n) is 7.15. The van der Waals surface area contributed by atoms with Crippen LogP contribution in [0.4, 0.5) is 18.9 Å². The Morgan fingerprint density at radius 1 is 1.00 bits per heavy atom. The van der Waals surface area contributed by atoms with E-state index in [4.69, 9.17) is 0 Å². The molecule has 5 heteroatoms. The van der Waals surface area contributed by atoms with Crippen molar-refractivity contribution >= 4 is 5.69 Å². The third-order valence-corrected chi connectivity index (χ3v) is 3.76. The average Bonchev–Trinajstić information content (AvgIpc) is 2.45. The van der Waals surface area contributed by atoms with Crippen LogP contribution in [0.15, 0.2) is 24.3 Å². The van der Waals surface area contributed by atoms with Crippen LogP contribution in [0.3, 0.4) is 0 Å². The molecule has 0 N–H and O–H groups in total. The van der Waals surface area contributed by atoms with Gasteiger partial charge in [0.2, 0.25) is 0 Å². The van der Waals surface area contributed by atoms with E-state index in [2.05, 4.69) is 16.7 Å². The Morgan fingerprint density at radius 2 is 1.60 bits per heavy atom. The number of nitrogens with zero attached hydrogens (tertiary/aromatic N) is 2. The molecular weight excluding hydrogens is 265 g/mol. The van der Waals surface area contributed by atoms with Crippen LogP contribution in [0.25, 0.3) is 0 Å². The standard InChI is InChI=1S/C15H21F3N2/c1-2-3-8-19-9-11-20(12-10-19)14-6-4-13(5-7-14)15(16,17)18/h4-7H,2-3,8-12H2,1H3. The van der Waals surface area contributed by atoms with Crippen molar-refractivity contribution in [1.29, 1.82) is 0 Å². The first-order valence-corrected chi connectivity index (χ1v) is 7.15. The Balaban J connectivity index is 1.90. The summed E-state index contributed by atoms with van der Waals surface area (Å²) in [6.45, 7) is 7.04. The third kappa shape index (κ3) is 3.88. The Morgan fingerprint density at radius 3 is 2.10 bits per heavy atom. The molecule has 1 saturated heterocycles. The summed E-state index contributed by atoms with van der Waals surface area (Å²) in [6.07, 6.45) is -1.85. The zero-order valence-electron chi connectivity index (χ0n) is 11.8. The molecule has 0 atom stereocenters. The molecule has 0 unspecified atom stereocenters. The van der Waals surface area contributed by atoms with Crippen LogP contribution in [0.5, 0.6) is 0 Å². The van der Waals surface area contributed by atoms with Gasteiger partial charge in [0, 0.05) is 31.9 Å². The molecule has 20 heavy (non-hydrogen) atoms. The monoisotopic (exact) mass is 286 g/mol. The summed E-state index contributed by atoms with van der Waals surface area (Å²) in [5, 5.41) is 0. The molecule has 0 aromatic heterocycles. The largest absolute Gasteiger partial charge is 0.416 e. The van der Waals surface area contributed by atoms with Gasteiger partial charge in [-0.2, -0.15) is 13.2 Å². The lowest BCUT2D eigenvalue weighted by molar-refractivity contribution is -0.137. The van der Waals surface area contributed by atoms with E-state index in [1.165, 1.54) is 25.0 Å². The topological polar surface area (TPSA) is 6.48 Å². The highest BCUT2D eigenvalue weighted by atomic mass is 19.4. The Bertz CT molecular complexity index is 406. The highest BCUT2D eigenvalue weighted by Crippen LogP contribution is 2.30. The van der Waals surface area contributed by atoms with E-state index in [9.17, 15) is 13.2 Å². The van der Waals surface area contributed by atoms with Crippen molar-refractivity contribution in [3.8, 4) is 0 Å². The number of unbranched alkanes of at least 4 members (excludes halogenated alkanes) is 1. The summed E-state index contributed by atoms with van der Waals surface area (Å²) in [4.78, 5) is 4.58. The maximum atomic E-state index is 12.5. The molecule has 1 fully saturated rings. The van der Waals surface area contributed by atoms with Crippen LogP contribution < -0.4 is 4.90 Å². The molecule has 0 spiro atoms. The van der Waals surface area contributed by atoms with Crippen LogP contribution in [-0.2, 0) is 6.18 Å². The Kier molecular flexibility index (Phi) is 4.91. The first kappa shape index (κ1) is 15.2. The molecule has 1 aromatic rings. The van der Waals surface area contributed by atoms with Gasteiger partial charge in [-0.3, -0.25) is 4.90 Å². The van der Waals surface area contributed by atoms with E-state index < -0.39 is 11.7 Å². The number of piperazine rings is 1. The van der Waals surface area contributed by atoms with Gasteiger partial charge in [0.05, 0.1) is 5.56 Å². The van der Waals surface area contributed by atoms with Crippen molar-refractivity contribution in [2.24, 2.45) is 0 Å². The second-order valence-corrected chi connectivity index (χ2v) is 5.23. The number of alkyl halides is 3. The lowest BCUT2D eigenvalue weighted by Gasteiger charge is -2.36. The number of hydrogen-bond donors (Lipinski definition) is 0. The van der Waals surface area contributed by atoms with E-state index in [1.807, 2.05) is 0 Å². The van der Waals surface area contributed by atoms with E-state index in [0.717, 1.165) is 38.4 Å². The summed E-state index contributed by atoms with van der Waals surface area (Å²) in [6, 6.07) is 5.48.